The zero-order valence-electron chi connectivity index (χ0n) is 8.42. The van der Waals surface area contributed by atoms with Gasteiger partial charge in [-0.25, -0.2) is 9.97 Å². The van der Waals surface area contributed by atoms with Gasteiger partial charge in [-0.2, -0.15) is 0 Å². The summed E-state index contributed by atoms with van der Waals surface area (Å²) in [6, 6.07) is 0. The quantitative estimate of drug-likeness (QED) is 0.836. The van der Waals surface area contributed by atoms with Crippen molar-refractivity contribution in [3.8, 4) is 0 Å². The van der Waals surface area contributed by atoms with E-state index in [1.165, 1.54) is 6.33 Å². The summed E-state index contributed by atoms with van der Waals surface area (Å²) in [5, 5.41) is 2.89. The number of rotatable bonds is 3. The summed E-state index contributed by atoms with van der Waals surface area (Å²) in [4.78, 5) is 19.0. The van der Waals surface area contributed by atoms with Crippen molar-refractivity contribution in [2.45, 2.75) is 20.3 Å². The van der Waals surface area contributed by atoms with Crippen molar-refractivity contribution in [1.82, 2.24) is 9.97 Å². The van der Waals surface area contributed by atoms with Gasteiger partial charge in [-0.1, -0.05) is 37.0 Å². The molecule has 82 valence electrons. The second-order valence-electron chi connectivity index (χ2n) is 3.13. The smallest absolute Gasteiger partial charge is 0.227 e. The van der Waals surface area contributed by atoms with E-state index in [2.05, 4.69) is 15.3 Å². The number of hydrogen-bond donors (Lipinski definition) is 1. The van der Waals surface area contributed by atoms with Crippen LogP contribution in [0.4, 0.5) is 5.69 Å². The Bertz CT molecular complexity index is 350. The maximum Gasteiger partial charge on any atom is 0.227 e. The number of carbonyl (C=O) groups is 1. The molecule has 4 nitrogen and oxygen atoms in total. The highest BCUT2D eigenvalue weighted by molar-refractivity contribution is 6.38. The Labute approximate surface area is 98.0 Å². The maximum absolute atomic E-state index is 11.6. The predicted molar refractivity (Wildman–Crippen MR) is 60.1 cm³/mol. The van der Waals surface area contributed by atoms with Gasteiger partial charge in [0.15, 0.2) is 10.3 Å². The normalized spacial score (nSPS) is 12.3. The monoisotopic (exact) mass is 247 g/mol. The van der Waals surface area contributed by atoms with Gasteiger partial charge in [0.05, 0.1) is 0 Å². The Hall–Kier alpha value is -0.870. The van der Waals surface area contributed by atoms with Crippen molar-refractivity contribution in [1.29, 1.82) is 0 Å². The van der Waals surface area contributed by atoms with Gasteiger partial charge in [-0.15, -0.1) is 0 Å². The summed E-state index contributed by atoms with van der Waals surface area (Å²) >= 11 is 11.5. The van der Waals surface area contributed by atoms with Crippen LogP contribution in [-0.2, 0) is 4.79 Å². The van der Waals surface area contributed by atoms with Gasteiger partial charge in [0, 0.05) is 5.92 Å². The summed E-state index contributed by atoms with van der Waals surface area (Å²) in [6.07, 6.45) is 1.98. The number of halogens is 2. The average Bonchev–Trinajstić information content (AvgIpc) is 2.22. The molecular formula is C9H11Cl2N3O. The lowest BCUT2D eigenvalue weighted by Gasteiger charge is -2.11. The molecule has 1 amide bonds. The number of hydrogen-bond acceptors (Lipinski definition) is 3. The van der Waals surface area contributed by atoms with Gasteiger partial charge in [0.1, 0.15) is 12.0 Å². The first-order chi connectivity index (χ1) is 7.06. The summed E-state index contributed by atoms with van der Waals surface area (Å²) in [5.74, 6) is -0.242. The van der Waals surface area contributed by atoms with Crippen molar-refractivity contribution in [2.24, 2.45) is 5.92 Å². The van der Waals surface area contributed by atoms with E-state index in [1.807, 2.05) is 13.8 Å². The maximum atomic E-state index is 11.6. The molecule has 1 N–H and O–H groups in total. The molecule has 0 saturated carbocycles. The highest BCUT2D eigenvalue weighted by atomic mass is 35.5. The second-order valence-corrected chi connectivity index (χ2v) is 3.84. The van der Waals surface area contributed by atoms with E-state index < -0.39 is 0 Å². The van der Waals surface area contributed by atoms with Crippen LogP contribution in [0.1, 0.15) is 20.3 Å². The summed E-state index contributed by atoms with van der Waals surface area (Å²) in [5.41, 5.74) is 0.270. The highest BCUT2D eigenvalue weighted by Crippen LogP contribution is 2.26. The molecular weight excluding hydrogens is 237 g/mol. The number of carbonyl (C=O) groups excluding carboxylic acids is 1. The van der Waals surface area contributed by atoms with E-state index in [0.717, 1.165) is 6.42 Å². The molecule has 0 fully saturated rings. The SMILES string of the molecule is CCC(C)C(=O)Nc1c(Cl)ncnc1Cl. The lowest BCUT2D eigenvalue weighted by molar-refractivity contribution is -0.119. The van der Waals surface area contributed by atoms with Crippen LogP contribution in [0.5, 0.6) is 0 Å². The number of aromatic nitrogens is 2. The van der Waals surface area contributed by atoms with Gasteiger partial charge in [0.25, 0.3) is 0 Å². The van der Waals surface area contributed by atoms with E-state index in [0.29, 0.717) is 0 Å². The first-order valence-electron chi connectivity index (χ1n) is 4.53. The van der Waals surface area contributed by atoms with Gasteiger partial charge in [-0.3, -0.25) is 4.79 Å². The van der Waals surface area contributed by atoms with Crippen molar-refractivity contribution < 1.29 is 4.79 Å². The van der Waals surface area contributed by atoms with Crippen LogP contribution >= 0.6 is 23.2 Å². The van der Waals surface area contributed by atoms with E-state index in [4.69, 9.17) is 23.2 Å². The third-order valence-corrected chi connectivity index (χ3v) is 2.64. The predicted octanol–water partition coefficient (Wildman–Crippen LogP) is 2.77. The minimum atomic E-state index is -0.142. The average molecular weight is 248 g/mol. The molecule has 0 bridgehead atoms. The topological polar surface area (TPSA) is 54.9 Å². The zero-order valence-corrected chi connectivity index (χ0v) is 9.93. The molecule has 0 aliphatic carbocycles. The fourth-order valence-electron chi connectivity index (χ4n) is 0.879. The van der Waals surface area contributed by atoms with Crippen LogP contribution < -0.4 is 5.32 Å². The van der Waals surface area contributed by atoms with Crippen LogP contribution in [0.25, 0.3) is 0 Å². The second kappa shape index (κ2) is 5.28. The minimum absolute atomic E-state index is 0.0997. The van der Waals surface area contributed by atoms with E-state index >= 15 is 0 Å². The van der Waals surface area contributed by atoms with E-state index in [9.17, 15) is 4.79 Å². The molecule has 1 aromatic rings. The summed E-state index contributed by atoms with van der Waals surface area (Å²) in [6.45, 7) is 3.75. The molecule has 6 heteroatoms. The molecule has 0 saturated heterocycles. The van der Waals surface area contributed by atoms with Gasteiger partial charge < -0.3 is 5.32 Å². The van der Waals surface area contributed by atoms with Crippen LogP contribution in [0.15, 0.2) is 6.33 Å². The van der Waals surface area contributed by atoms with Crippen molar-refractivity contribution >= 4 is 34.8 Å². The van der Waals surface area contributed by atoms with E-state index in [-0.39, 0.29) is 27.8 Å². The van der Waals surface area contributed by atoms with Crippen molar-refractivity contribution in [3.63, 3.8) is 0 Å². The lowest BCUT2D eigenvalue weighted by Crippen LogP contribution is -2.20. The fraction of sp³-hybridized carbons (Fsp3) is 0.444. The minimum Gasteiger partial charge on any atom is -0.321 e. The number of nitrogens with zero attached hydrogens (tertiary/aromatic N) is 2. The molecule has 15 heavy (non-hydrogen) atoms. The molecule has 1 unspecified atom stereocenters. The number of nitrogens with one attached hydrogen (secondary N) is 1. The van der Waals surface area contributed by atoms with Crippen LogP contribution in [0.3, 0.4) is 0 Å². The Morgan fingerprint density at radius 1 is 1.47 bits per heavy atom. The number of anilines is 1. The molecule has 0 aliphatic rings. The largest absolute Gasteiger partial charge is 0.321 e. The Balaban J connectivity index is 2.85. The Morgan fingerprint density at radius 3 is 2.47 bits per heavy atom. The molecule has 0 aromatic carbocycles. The molecule has 0 radical (unpaired) electrons. The van der Waals surface area contributed by atoms with Crippen LogP contribution in [-0.4, -0.2) is 15.9 Å². The van der Waals surface area contributed by atoms with Gasteiger partial charge in [-0.05, 0) is 6.42 Å². The third kappa shape index (κ3) is 3.04. The lowest BCUT2D eigenvalue weighted by atomic mass is 10.1. The standard InChI is InChI=1S/C9H11Cl2N3O/c1-3-5(2)9(15)14-6-7(10)12-4-13-8(6)11/h4-5H,3H2,1-2H3,(H,14,15). The molecule has 1 aromatic heterocycles. The van der Waals surface area contributed by atoms with Crippen LogP contribution in [0, 0.1) is 5.92 Å². The molecule has 1 rings (SSSR count). The van der Waals surface area contributed by atoms with Crippen molar-refractivity contribution in [2.75, 3.05) is 5.32 Å². The zero-order chi connectivity index (χ0) is 11.4. The van der Waals surface area contributed by atoms with Gasteiger partial charge in [0.2, 0.25) is 5.91 Å². The highest BCUT2D eigenvalue weighted by Gasteiger charge is 2.15. The first-order valence-corrected chi connectivity index (χ1v) is 5.28. The summed E-state index contributed by atoms with van der Waals surface area (Å²) < 4.78 is 0. The van der Waals surface area contributed by atoms with E-state index in [1.54, 1.807) is 0 Å². The van der Waals surface area contributed by atoms with Crippen LogP contribution in [0.2, 0.25) is 10.3 Å². The molecule has 1 atom stereocenters. The Kier molecular flexibility index (Phi) is 4.29. The first kappa shape index (κ1) is 12.2. The molecule has 0 aliphatic heterocycles. The molecule has 0 spiro atoms. The molecule has 1 heterocycles. The number of amides is 1. The summed E-state index contributed by atoms with van der Waals surface area (Å²) in [7, 11) is 0. The van der Waals surface area contributed by atoms with Gasteiger partial charge >= 0.3 is 0 Å². The third-order valence-electron chi connectivity index (χ3n) is 2.06. The Morgan fingerprint density at radius 2 is 2.00 bits per heavy atom. The van der Waals surface area contributed by atoms with Crippen molar-refractivity contribution in [3.05, 3.63) is 16.6 Å². The fourth-order valence-corrected chi connectivity index (χ4v) is 1.29.